The van der Waals surface area contributed by atoms with Gasteiger partial charge in [-0.15, -0.1) is 0 Å². The molecule has 3 atom stereocenters. The molecular weight excluding hydrogens is 412 g/mol. The van der Waals surface area contributed by atoms with Crippen molar-refractivity contribution in [2.75, 3.05) is 18.0 Å². The van der Waals surface area contributed by atoms with Crippen molar-refractivity contribution in [1.29, 1.82) is 0 Å². The number of nitrogens with zero attached hydrogens (tertiary/aromatic N) is 1. The van der Waals surface area contributed by atoms with Gasteiger partial charge in [0.1, 0.15) is 6.04 Å². The number of carbonyl (C=O) groups excluding carboxylic acids is 3. The van der Waals surface area contributed by atoms with Crippen LogP contribution in [0.4, 0.5) is 5.69 Å². The average Bonchev–Trinajstić information content (AvgIpc) is 3.24. The summed E-state index contributed by atoms with van der Waals surface area (Å²) < 4.78 is 0. The van der Waals surface area contributed by atoms with Crippen LogP contribution in [0.25, 0.3) is 0 Å². The summed E-state index contributed by atoms with van der Waals surface area (Å²) in [5.41, 5.74) is 7.72. The number of hydrogen-bond acceptors (Lipinski definition) is 5. The molecule has 9 nitrogen and oxygen atoms in total. The predicted molar refractivity (Wildman–Crippen MR) is 119 cm³/mol. The first-order valence-corrected chi connectivity index (χ1v) is 11.3. The number of anilines is 1. The van der Waals surface area contributed by atoms with E-state index in [1.165, 1.54) is 0 Å². The first-order valence-electron chi connectivity index (χ1n) is 11.3. The molecule has 9 heteroatoms. The van der Waals surface area contributed by atoms with E-state index in [-0.39, 0.29) is 5.91 Å². The molecule has 1 aromatic rings. The molecule has 32 heavy (non-hydrogen) atoms. The fraction of sp³-hybridized carbons (Fsp3) is 0.565. The largest absolute Gasteiger partial charge is 0.481 e. The van der Waals surface area contributed by atoms with Crippen molar-refractivity contribution in [3.8, 4) is 0 Å². The predicted octanol–water partition coefficient (Wildman–Crippen LogP) is 1.19. The summed E-state index contributed by atoms with van der Waals surface area (Å²) in [6.07, 6.45) is 3.85. The molecule has 1 fully saturated rings. The Kier molecular flexibility index (Phi) is 7.84. The van der Waals surface area contributed by atoms with Gasteiger partial charge in [-0.3, -0.25) is 19.2 Å². The Labute approximate surface area is 187 Å². The number of nitrogens with two attached hydrogens (primary N) is 1. The van der Waals surface area contributed by atoms with E-state index in [0.717, 1.165) is 17.7 Å². The van der Waals surface area contributed by atoms with E-state index in [2.05, 4.69) is 10.6 Å². The lowest BCUT2D eigenvalue weighted by Crippen LogP contribution is -2.51. The fourth-order valence-electron chi connectivity index (χ4n) is 4.57. The van der Waals surface area contributed by atoms with Crippen LogP contribution >= 0.6 is 0 Å². The maximum Gasteiger partial charge on any atom is 0.308 e. The molecule has 174 valence electrons. The molecule has 1 saturated carbocycles. The summed E-state index contributed by atoms with van der Waals surface area (Å²) in [6.45, 7) is 2.78. The van der Waals surface area contributed by atoms with Gasteiger partial charge in [0.05, 0.1) is 5.92 Å². The summed E-state index contributed by atoms with van der Waals surface area (Å²) in [5.74, 6) is -2.31. The smallest absolute Gasteiger partial charge is 0.308 e. The maximum absolute atomic E-state index is 13.0. The maximum atomic E-state index is 13.0. The number of carboxylic acid groups (broad SMARTS) is 1. The van der Waals surface area contributed by atoms with Gasteiger partial charge in [0.2, 0.25) is 11.8 Å². The quantitative estimate of drug-likeness (QED) is 0.451. The molecule has 2 unspecified atom stereocenters. The molecule has 0 saturated heterocycles. The molecule has 0 aromatic heterocycles. The lowest BCUT2D eigenvalue weighted by Gasteiger charge is -2.29. The van der Waals surface area contributed by atoms with E-state index in [4.69, 9.17) is 5.73 Å². The fourth-order valence-corrected chi connectivity index (χ4v) is 4.57. The summed E-state index contributed by atoms with van der Waals surface area (Å²) in [5, 5.41) is 15.0. The number of carbonyl (C=O) groups is 4. The van der Waals surface area contributed by atoms with Crippen molar-refractivity contribution in [3.05, 3.63) is 29.3 Å². The topological polar surface area (TPSA) is 142 Å². The van der Waals surface area contributed by atoms with Gasteiger partial charge in [0.25, 0.3) is 5.91 Å². The third-order valence-electron chi connectivity index (χ3n) is 6.34. The molecular formula is C23H32N4O5. The van der Waals surface area contributed by atoms with Crippen LogP contribution in [-0.2, 0) is 20.8 Å². The lowest BCUT2D eigenvalue weighted by molar-refractivity contribution is -0.142. The molecule has 1 aliphatic heterocycles. The molecule has 3 rings (SSSR count). The second-order valence-corrected chi connectivity index (χ2v) is 8.43. The first-order chi connectivity index (χ1) is 15.3. The normalized spacial score (nSPS) is 21.1. The zero-order valence-corrected chi connectivity index (χ0v) is 18.4. The van der Waals surface area contributed by atoms with Crippen LogP contribution in [0.3, 0.4) is 0 Å². The number of hydrogen-bond donors (Lipinski definition) is 4. The Morgan fingerprint density at radius 2 is 2.03 bits per heavy atom. The number of aryl methyl sites for hydroxylation is 1. The van der Waals surface area contributed by atoms with Gasteiger partial charge in [-0.05, 0) is 63.3 Å². The number of amides is 3. The van der Waals surface area contributed by atoms with Gasteiger partial charge in [0, 0.05) is 30.3 Å². The van der Waals surface area contributed by atoms with E-state index in [1.54, 1.807) is 17.0 Å². The molecule has 0 bridgehead atoms. The van der Waals surface area contributed by atoms with E-state index in [0.29, 0.717) is 57.2 Å². The van der Waals surface area contributed by atoms with Crippen molar-refractivity contribution >= 4 is 29.4 Å². The molecule has 1 heterocycles. The Morgan fingerprint density at radius 3 is 2.72 bits per heavy atom. The van der Waals surface area contributed by atoms with Gasteiger partial charge in [-0.25, -0.2) is 0 Å². The lowest BCUT2D eigenvalue weighted by atomic mass is 9.98. The zero-order valence-electron chi connectivity index (χ0n) is 18.4. The van der Waals surface area contributed by atoms with Crippen molar-refractivity contribution in [3.63, 3.8) is 0 Å². The third-order valence-corrected chi connectivity index (χ3v) is 6.34. The highest BCUT2D eigenvalue weighted by atomic mass is 16.4. The van der Waals surface area contributed by atoms with Crippen molar-refractivity contribution in [1.82, 2.24) is 10.6 Å². The second-order valence-electron chi connectivity index (χ2n) is 8.43. The van der Waals surface area contributed by atoms with Crippen LogP contribution in [-0.4, -0.2) is 54.0 Å². The minimum absolute atomic E-state index is 0.0299. The Morgan fingerprint density at radius 1 is 1.25 bits per heavy atom. The number of benzene rings is 1. The van der Waals surface area contributed by atoms with Crippen LogP contribution in [0.2, 0.25) is 0 Å². The molecule has 0 spiro atoms. The van der Waals surface area contributed by atoms with Crippen LogP contribution in [0.1, 0.15) is 61.4 Å². The summed E-state index contributed by atoms with van der Waals surface area (Å²) in [6, 6.07) is 3.99. The minimum Gasteiger partial charge on any atom is -0.481 e. The zero-order chi connectivity index (χ0) is 23.3. The summed E-state index contributed by atoms with van der Waals surface area (Å²) in [7, 11) is 0. The monoisotopic (exact) mass is 444 g/mol. The highest BCUT2D eigenvalue weighted by molar-refractivity contribution is 6.01. The van der Waals surface area contributed by atoms with Crippen LogP contribution in [0, 0.1) is 5.92 Å². The van der Waals surface area contributed by atoms with Crippen molar-refractivity contribution < 1.29 is 24.3 Å². The van der Waals surface area contributed by atoms with Gasteiger partial charge < -0.3 is 26.4 Å². The highest BCUT2D eigenvalue weighted by Gasteiger charge is 2.35. The Bertz CT molecular complexity index is 887. The SMILES string of the molecule is CCN1C(=O)CCc2ccc(C(=O)NC(CCCN)C(=O)N[C@H]3CCCC3C(=O)O)cc21. The van der Waals surface area contributed by atoms with Gasteiger partial charge in [0.15, 0.2) is 0 Å². The standard InChI is InChI=1S/C23H32N4O5/c1-2-27-19-13-15(9-8-14(19)10-11-20(27)28)21(29)26-18(7-4-12-24)22(30)25-17-6-3-5-16(17)23(31)32/h8-9,13,16-18H,2-7,10-12,24H2,1H3,(H,25,30)(H,26,29)(H,31,32)/t16?,17-,18?/m0/s1. The van der Waals surface area contributed by atoms with E-state index >= 15 is 0 Å². The minimum atomic E-state index is -0.917. The van der Waals surface area contributed by atoms with Crippen molar-refractivity contribution in [2.45, 2.75) is 64.0 Å². The van der Waals surface area contributed by atoms with Gasteiger partial charge >= 0.3 is 5.97 Å². The van der Waals surface area contributed by atoms with Crippen molar-refractivity contribution in [2.24, 2.45) is 11.7 Å². The third kappa shape index (κ3) is 5.27. The molecule has 1 aromatic carbocycles. The average molecular weight is 445 g/mol. The van der Waals surface area contributed by atoms with Gasteiger partial charge in [-0.2, -0.15) is 0 Å². The van der Waals surface area contributed by atoms with Crippen LogP contribution < -0.4 is 21.3 Å². The molecule has 0 radical (unpaired) electrons. The van der Waals surface area contributed by atoms with E-state index in [9.17, 15) is 24.3 Å². The number of nitrogens with one attached hydrogen (secondary N) is 2. The summed E-state index contributed by atoms with van der Waals surface area (Å²) >= 11 is 0. The molecule has 1 aliphatic carbocycles. The number of rotatable bonds is 9. The van der Waals surface area contributed by atoms with E-state index < -0.39 is 35.8 Å². The second kappa shape index (κ2) is 10.6. The van der Waals surface area contributed by atoms with Crippen LogP contribution in [0.5, 0.6) is 0 Å². The molecule has 2 aliphatic rings. The van der Waals surface area contributed by atoms with Gasteiger partial charge in [-0.1, -0.05) is 12.5 Å². The van der Waals surface area contributed by atoms with Crippen LogP contribution in [0.15, 0.2) is 18.2 Å². The Balaban J connectivity index is 1.73. The molecule has 3 amide bonds. The number of aliphatic carboxylic acids is 1. The first kappa shape index (κ1) is 23.7. The molecule has 5 N–H and O–H groups in total. The number of fused-ring (bicyclic) bond motifs is 1. The Hall–Kier alpha value is -2.94. The number of carboxylic acids is 1. The van der Waals surface area contributed by atoms with E-state index in [1.807, 2.05) is 13.0 Å². The summed E-state index contributed by atoms with van der Waals surface area (Å²) in [4.78, 5) is 51.2. The highest BCUT2D eigenvalue weighted by Crippen LogP contribution is 2.29.